The van der Waals surface area contributed by atoms with Gasteiger partial charge in [-0.25, -0.2) is 0 Å². The third-order valence-electron chi connectivity index (χ3n) is 2.97. The van der Waals surface area contributed by atoms with Gasteiger partial charge in [-0.3, -0.25) is 14.4 Å². The molecule has 0 aliphatic carbocycles. The topological polar surface area (TPSA) is 78.5 Å². The summed E-state index contributed by atoms with van der Waals surface area (Å²) in [5, 5.41) is 5.47. The van der Waals surface area contributed by atoms with E-state index in [1.54, 1.807) is 4.90 Å². The van der Waals surface area contributed by atoms with Crippen molar-refractivity contribution in [1.82, 2.24) is 15.5 Å². The Morgan fingerprint density at radius 1 is 1.32 bits per heavy atom. The third-order valence-corrected chi connectivity index (χ3v) is 2.97. The molecule has 1 aliphatic rings. The van der Waals surface area contributed by atoms with Crippen molar-refractivity contribution in [2.24, 2.45) is 5.41 Å². The molecule has 1 fully saturated rings. The molecule has 0 bridgehead atoms. The molecule has 6 heteroatoms. The summed E-state index contributed by atoms with van der Waals surface area (Å²) in [6, 6.07) is 0. The first kappa shape index (κ1) is 15.5. The maximum Gasteiger partial charge on any atom is 0.225 e. The molecule has 0 aromatic heterocycles. The average molecular weight is 269 g/mol. The fourth-order valence-electron chi connectivity index (χ4n) is 1.72. The van der Waals surface area contributed by atoms with Gasteiger partial charge in [0.05, 0.1) is 0 Å². The lowest BCUT2D eigenvalue weighted by molar-refractivity contribution is -0.131. The minimum Gasteiger partial charge on any atom is -0.355 e. The number of nitrogens with zero attached hydrogens (tertiary/aromatic N) is 1. The Morgan fingerprint density at radius 3 is 2.63 bits per heavy atom. The molecule has 6 nitrogen and oxygen atoms in total. The van der Waals surface area contributed by atoms with Gasteiger partial charge in [0.25, 0.3) is 0 Å². The van der Waals surface area contributed by atoms with E-state index >= 15 is 0 Å². The van der Waals surface area contributed by atoms with E-state index in [1.165, 1.54) is 0 Å². The molecule has 1 rings (SSSR count). The van der Waals surface area contributed by atoms with Gasteiger partial charge in [-0.15, -0.1) is 0 Å². The van der Waals surface area contributed by atoms with E-state index in [1.807, 2.05) is 20.8 Å². The normalized spacial score (nSPS) is 16.6. The van der Waals surface area contributed by atoms with Gasteiger partial charge in [0.15, 0.2) is 0 Å². The fourth-order valence-corrected chi connectivity index (χ4v) is 1.72. The van der Waals surface area contributed by atoms with Crippen LogP contribution in [0.3, 0.4) is 0 Å². The van der Waals surface area contributed by atoms with Gasteiger partial charge in [-0.05, 0) is 0 Å². The second-order valence-corrected chi connectivity index (χ2v) is 5.74. The zero-order valence-corrected chi connectivity index (χ0v) is 11.9. The Kier molecular flexibility index (Phi) is 5.32. The number of carbonyl (C=O) groups is 3. The van der Waals surface area contributed by atoms with Crippen molar-refractivity contribution in [1.29, 1.82) is 0 Å². The monoisotopic (exact) mass is 269 g/mol. The van der Waals surface area contributed by atoms with Crippen LogP contribution in [0.15, 0.2) is 0 Å². The standard InChI is InChI=1S/C13H23N3O3/c1-13(2,3)12(19)15-6-4-11(18)16-8-5-10(17)14-7-9-16/h4-9H2,1-3H3,(H,14,17)(H,15,19). The van der Waals surface area contributed by atoms with Crippen LogP contribution in [0.5, 0.6) is 0 Å². The summed E-state index contributed by atoms with van der Waals surface area (Å²) < 4.78 is 0. The number of amides is 3. The van der Waals surface area contributed by atoms with Crippen molar-refractivity contribution in [2.75, 3.05) is 26.2 Å². The molecule has 2 N–H and O–H groups in total. The molecular weight excluding hydrogens is 246 g/mol. The molecule has 1 aliphatic heterocycles. The van der Waals surface area contributed by atoms with Crippen LogP contribution in [0.1, 0.15) is 33.6 Å². The van der Waals surface area contributed by atoms with E-state index < -0.39 is 5.41 Å². The lowest BCUT2D eigenvalue weighted by atomic mass is 9.96. The molecule has 108 valence electrons. The van der Waals surface area contributed by atoms with Gasteiger partial charge in [-0.1, -0.05) is 20.8 Å². The van der Waals surface area contributed by atoms with Crippen molar-refractivity contribution in [3.63, 3.8) is 0 Å². The number of nitrogens with one attached hydrogen (secondary N) is 2. The van der Waals surface area contributed by atoms with Crippen LogP contribution in [-0.4, -0.2) is 48.8 Å². The number of rotatable bonds is 3. The lowest BCUT2D eigenvalue weighted by Crippen LogP contribution is -2.39. The molecule has 0 saturated carbocycles. The number of hydrogen-bond donors (Lipinski definition) is 2. The summed E-state index contributed by atoms with van der Waals surface area (Å²) >= 11 is 0. The van der Waals surface area contributed by atoms with Crippen molar-refractivity contribution in [3.8, 4) is 0 Å². The molecule has 0 radical (unpaired) electrons. The summed E-state index contributed by atoms with van der Waals surface area (Å²) in [5.74, 6) is -0.102. The molecule has 0 spiro atoms. The Balaban J connectivity index is 2.31. The fraction of sp³-hybridized carbons (Fsp3) is 0.769. The van der Waals surface area contributed by atoms with E-state index in [0.29, 0.717) is 32.6 Å². The average Bonchev–Trinajstić information content (AvgIpc) is 2.52. The highest BCUT2D eigenvalue weighted by Crippen LogP contribution is 2.12. The maximum atomic E-state index is 11.9. The first-order chi connectivity index (χ1) is 8.80. The highest BCUT2D eigenvalue weighted by atomic mass is 16.2. The molecule has 3 amide bonds. The van der Waals surface area contributed by atoms with Gasteiger partial charge in [-0.2, -0.15) is 0 Å². The first-order valence-corrected chi connectivity index (χ1v) is 6.63. The van der Waals surface area contributed by atoms with Gasteiger partial charge >= 0.3 is 0 Å². The van der Waals surface area contributed by atoms with E-state index in [4.69, 9.17) is 0 Å². The highest BCUT2D eigenvalue weighted by Gasteiger charge is 2.22. The summed E-state index contributed by atoms with van der Waals surface area (Å²) in [7, 11) is 0. The Hall–Kier alpha value is -1.59. The third kappa shape index (κ3) is 5.28. The van der Waals surface area contributed by atoms with Gasteiger partial charge in [0.2, 0.25) is 17.7 Å². The minimum absolute atomic E-state index is 0.0173. The van der Waals surface area contributed by atoms with Crippen molar-refractivity contribution in [3.05, 3.63) is 0 Å². The predicted molar refractivity (Wildman–Crippen MR) is 71.3 cm³/mol. The lowest BCUT2D eigenvalue weighted by Gasteiger charge is -2.21. The molecule has 19 heavy (non-hydrogen) atoms. The first-order valence-electron chi connectivity index (χ1n) is 6.63. The van der Waals surface area contributed by atoms with E-state index in [0.717, 1.165) is 0 Å². The zero-order valence-electron chi connectivity index (χ0n) is 11.9. The molecule has 0 atom stereocenters. The van der Waals surface area contributed by atoms with Crippen LogP contribution in [0, 0.1) is 5.41 Å². The van der Waals surface area contributed by atoms with Gasteiger partial charge < -0.3 is 15.5 Å². The van der Waals surface area contributed by atoms with E-state index in [2.05, 4.69) is 10.6 Å². The Labute approximate surface area is 113 Å². The van der Waals surface area contributed by atoms with Crippen LogP contribution in [0.4, 0.5) is 0 Å². The van der Waals surface area contributed by atoms with Crippen LogP contribution < -0.4 is 10.6 Å². The van der Waals surface area contributed by atoms with Crippen LogP contribution in [0.2, 0.25) is 0 Å². The molecule has 0 aromatic carbocycles. The highest BCUT2D eigenvalue weighted by molar-refractivity contribution is 5.83. The molecular formula is C13H23N3O3. The quantitative estimate of drug-likeness (QED) is 0.750. The van der Waals surface area contributed by atoms with Gasteiger partial charge in [0, 0.05) is 44.4 Å². The minimum atomic E-state index is -0.442. The second kappa shape index (κ2) is 6.54. The van der Waals surface area contributed by atoms with Gasteiger partial charge in [0.1, 0.15) is 0 Å². The second-order valence-electron chi connectivity index (χ2n) is 5.74. The van der Waals surface area contributed by atoms with Crippen molar-refractivity contribution >= 4 is 17.7 Å². The van der Waals surface area contributed by atoms with Crippen molar-refractivity contribution in [2.45, 2.75) is 33.6 Å². The summed E-state index contributed by atoms with van der Waals surface area (Å²) in [5.41, 5.74) is -0.442. The largest absolute Gasteiger partial charge is 0.355 e. The molecule has 1 heterocycles. The molecule has 0 unspecified atom stereocenters. The van der Waals surface area contributed by atoms with E-state index in [-0.39, 0.29) is 24.1 Å². The Bertz CT molecular complexity index is 361. The maximum absolute atomic E-state index is 11.9. The smallest absolute Gasteiger partial charge is 0.225 e. The summed E-state index contributed by atoms with van der Waals surface area (Å²) in [6.07, 6.45) is 0.621. The van der Waals surface area contributed by atoms with E-state index in [9.17, 15) is 14.4 Å². The molecule has 0 aromatic rings. The number of hydrogen-bond acceptors (Lipinski definition) is 3. The van der Waals surface area contributed by atoms with Crippen LogP contribution in [-0.2, 0) is 14.4 Å². The SMILES string of the molecule is CC(C)(C)C(=O)NCCC(=O)N1CCNC(=O)CC1. The number of carbonyl (C=O) groups excluding carboxylic acids is 3. The van der Waals surface area contributed by atoms with Crippen LogP contribution in [0.25, 0.3) is 0 Å². The summed E-state index contributed by atoms with van der Waals surface area (Å²) in [4.78, 5) is 36.4. The predicted octanol–water partition coefficient (Wildman–Crippen LogP) is -0.113. The van der Waals surface area contributed by atoms with Crippen LogP contribution >= 0.6 is 0 Å². The summed E-state index contributed by atoms with van der Waals surface area (Å²) in [6.45, 7) is 7.32. The zero-order chi connectivity index (χ0) is 14.5. The molecule has 1 saturated heterocycles. The van der Waals surface area contributed by atoms with Crippen molar-refractivity contribution < 1.29 is 14.4 Å². The Morgan fingerprint density at radius 2 is 2.00 bits per heavy atom.